The molecule has 3 rings (SSSR count). The molecule has 0 saturated carbocycles. The summed E-state index contributed by atoms with van der Waals surface area (Å²) in [5, 5.41) is 0. The van der Waals surface area contributed by atoms with Crippen LogP contribution in [0.3, 0.4) is 0 Å². The maximum atomic E-state index is 13.3. The van der Waals surface area contributed by atoms with Gasteiger partial charge >= 0.3 is 0 Å². The summed E-state index contributed by atoms with van der Waals surface area (Å²) >= 11 is 0. The Morgan fingerprint density at radius 1 is 0.800 bits per heavy atom. The molecule has 0 spiro atoms. The summed E-state index contributed by atoms with van der Waals surface area (Å²) in [6, 6.07) is 15.2. The molecule has 4 heteroatoms. The van der Waals surface area contributed by atoms with E-state index in [1.807, 2.05) is 50.2 Å². The maximum Gasteiger partial charge on any atom is 0.264 e. The van der Waals surface area contributed by atoms with Gasteiger partial charge in [-0.05, 0) is 50.8 Å². The minimum absolute atomic E-state index is 0.358. The summed E-state index contributed by atoms with van der Waals surface area (Å²) in [5.74, 6) is 0. The highest BCUT2D eigenvalue weighted by molar-refractivity contribution is 7.89. The van der Waals surface area contributed by atoms with Crippen molar-refractivity contribution in [3.05, 3.63) is 71.3 Å². The Balaban J connectivity index is 2.06. The van der Waals surface area contributed by atoms with Crippen LogP contribution >= 0.6 is 0 Å². The molecule has 0 fully saturated rings. The zero-order valence-electron chi connectivity index (χ0n) is 14.9. The lowest BCUT2D eigenvalue weighted by Crippen LogP contribution is -2.31. The molecule has 0 atom stereocenters. The molecule has 0 unspecified atom stereocenters. The van der Waals surface area contributed by atoms with Crippen LogP contribution in [-0.4, -0.2) is 19.3 Å². The van der Waals surface area contributed by atoms with Gasteiger partial charge in [0.05, 0.1) is 10.6 Å². The van der Waals surface area contributed by atoms with Gasteiger partial charge in [0, 0.05) is 6.54 Å². The quantitative estimate of drug-likeness (QED) is 0.784. The molecule has 2 aromatic rings. The average molecular weight is 356 g/mol. The zero-order valence-corrected chi connectivity index (χ0v) is 15.7. The molecule has 0 saturated heterocycles. The second kappa shape index (κ2) is 7.44. The highest BCUT2D eigenvalue weighted by atomic mass is 32.2. The zero-order chi connectivity index (χ0) is 17.9. The van der Waals surface area contributed by atoms with Crippen LogP contribution in [0.25, 0.3) is 5.70 Å². The lowest BCUT2D eigenvalue weighted by Gasteiger charge is -2.29. The van der Waals surface area contributed by atoms with Gasteiger partial charge in [-0.25, -0.2) is 8.42 Å². The molecule has 2 aromatic carbocycles. The van der Waals surface area contributed by atoms with Crippen molar-refractivity contribution < 1.29 is 8.42 Å². The largest absolute Gasteiger partial charge is 0.266 e. The topological polar surface area (TPSA) is 37.4 Å². The van der Waals surface area contributed by atoms with E-state index in [0.717, 1.165) is 42.5 Å². The normalized spacial score (nSPS) is 18.2. The molecule has 132 valence electrons. The summed E-state index contributed by atoms with van der Waals surface area (Å²) < 4.78 is 28.2. The maximum absolute atomic E-state index is 13.3. The van der Waals surface area contributed by atoms with Gasteiger partial charge in [-0.2, -0.15) is 0 Å². The van der Waals surface area contributed by atoms with Crippen LogP contribution in [0.5, 0.6) is 0 Å². The summed E-state index contributed by atoms with van der Waals surface area (Å²) in [6.07, 6.45) is 6.03. The molecule has 1 aliphatic rings. The molecular weight excluding hydrogens is 330 g/mol. The first-order chi connectivity index (χ1) is 12.0. The van der Waals surface area contributed by atoms with Crippen LogP contribution in [0.4, 0.5) is 0 Å². The SMILES string of the molecule is Cc1ccc(/C2=C/CCCCCN2S(=O)(=O)c2ccc(C)cc2)cc1. The van der Waals surface area contributed by atoms with Crippen LogP contribution in [0, 0.1) is 13.8 Å². The Kier molecular flexibility index (Phi) is 5.28. The predicted molar refractivity (Wildman–Crippen MR) is 103 cm³/mol. The van der Waals surface area contributed by atoms with E-state index < -0.39 is 10.0 Å². The van der Waals surface area contributed by atoms with Crippen molar-refractivity contribution >= 4 is 15.7 Å². The van der Waals surface area contributed by atoms with E-state index >= 15 is 0 Å². The highest BCUT2D eigenvalue weighted by Crippen LogP contribution is 2.30. The number of benzene rings is 2. The number of rotatable bonds is 3. The van der Waals surface area contributed by atoms with Crippen molar-refractivity contribution in [2.45, 2.75) is 44.4 Å². The van der Waals surface area contributed by atoms with Crippen molar-refractivity contribution in [3.63, 3.8) is 0 Å². The van der Waals surface area contributed by atoms with Crippen molar-refractivity contribution in [2.75, 3.05) is 6.54 Å². The first-order valence-corrected chi connectivity index (χ1v) is 10.3. The van der Waals surface area contributed by atoms with E-state index in [9.17, 15) is 8.42 Å². The second-order valence-corrected chi connectivity index (χ2v) is 8.56. The van der Waals surface area contributed by atoms with E-state index in [4.69, 9.17) is 0 Å². The first-order valence-electron chi connectivity index (χ1n) is 8.85. The Bertz CT molecular complexity index is 850. The van der Waals surface area contributed by atoms with Crippen molar-refractivity contribution in [1.82, 2.24) is 4.31 Å². The lowest BCUT2D eigenvalue weighted by atomic mass is 10.1. The van der Waals surface area contributed by atoms with Crippen molar-refractivity contribution in [2.24, 2.45) is 0 Å². The summed E-state index contributed by atoms with van der Waals surface area (Å²) in [6.45, 7) is 4.52. The standard InChI is InChI=1S/C21H25NO2S/c1-17-8-12-19(13-9-17)21-7-5-3-4-6-16-22(21)25(23,24)20-14-10-18(2)11-15-20/h7-15H,3-6,16H2,1-2H3/b21-7-. The molecular formula is C21H25NO2S. The highest BCUT2D eigenvalue weighted by Gasteiger charge is 2.27. The van der Waals surface area contributed by atoms with Crippen LogP contribution in [0.15, 0.2) is 59.5 Å². The third-order valence-corrected chi connectivity index (χ3v) is 6.46. The molecule has 0 amide bonds. The van der Waals surface area contributed by atoms with Crippen LogP contribution in [-0.2, 0) is 10.0 Å². The van der Waals surface area contributed by atoms with E-state index in [1.165, 1.54) is 5.56 Å². The molecule has 0 radical (unpaired) electrons. The van der Waals surface area contributed by atoms with Gasteiger partial charge in [-0.1, -0.05) is 60.0 Å². The Hall–Kier alpha value is -2.07. The molecule has 0 aliphatic carbocycles. The fourth-order valence-electron chi connectivity index (χ4n) is 3.11. The third-order valence-electron chi connectivity index (χ3n) is 4.63. The minimum Gasteiger partial charge on any atom is -0.266 e. The van der Waals surface area contributed by atoms with Crippen molar-refractivity contribution in [1.29, 1.82) is 0 Å². The summed E-state index contributed by atoms with van der Waals surface area (Å²) in [7, 11) is -3.56. The number of allylic oxidation sites excluding steroid dienone is 1. The second-order valence-electron chi connectivity index (χ2n) is 6.69. The fraction of sp³-hybridized carbons (Fsp3) is 0.333. The van der Waals surface area contributed by atoms with Gasteiger partial charge in [0.15, 0.2) is 0 Å². The monoisotopic (exact) mass is 355 g/mol. The molecule has 25 heavy (non-hydrogen) atoms. The number of hydrogen-bond acceptors (Lipinski definition) is 2. The number of hydrogen-bond donors (Lipinski definition) is 0. The third kappa shape index (κ3) is 3.96. The summed E-state index contributed by atoms with van der Waals surface area (Å²) in [4.78, 5) is 0.358. The van der Waals surface area contributed by atoms with Gasteiger partial charge in [-0.15, -0.1) is 0 Å². The van der Waals surface area contributed by atoms with Gasteiger partial charge in [0.2, 0.25) is 0 Å². The number of nitrogens with zero attached hydrogens (tertiary/aromatic N) is 1. The fourth-order valence-corrected chi connectivity index (χ4v) is 4.65. The summed E-state index contributed by atoms with van der Waals surface area (Å²) in [5.41, 5.74) is 3.99. The van der Waals surface area contributed by atoms with Crippen LogP contribution in [0.1, 0.15) is 42.4 Å². The Labute approximate surface area is 151 Å². The Morgan fingerprint density at radius 3 is 2.04 bits per heavy atom. The molecule has 3 nitrogen and oxygen atoms in total. The van der Waals surface area contributed by atoms with Crippen LogP contribution < -0.4 is 0 Å². The smallest absolute Gasteiger partial charge is 0.264 e. The number of sulfonamides is 1. The molecule has 0 N–H and O–H groups in total. The van der Waals surface area contributed by atoms with E-state index in [0.29, 0.717) is 11.4 Å². The Morgan fingerprint density at radius 2 is 1.40 bits per heavy atom. The minimum atomic E-state index is -3.56. The van der Waals surface area contributed by atoms with Crippen molar-refractivity contribution in [3.8, 4) is 0 Å². The predicted octanol–water partition coefficient (Wildman–Crippen LogP) is 4.91. The van der Waals surface area contributed by atoms with Crippen LogP contribution in [0.2, 0.25) is 0 Å². The van der Waals surface area contributed by atoms with E-state index in [-0.39, 0.29) is 0 Å². The first kappa shape index (κ1) is 17.7. The van der Waals surface area contributed by atoms with Gasteiger partial charge < -0.3 is 0 Å². The van der Waals surface area contributed by atoms with Gasteiger partial charge in [0.1, 0.15) is 0 Å². The molecule has 1 heterocycles. The molecule has 1 aliphatic heterocycles. The van der Waals surface area contributed by atoms with E-state index in [1.54, 1.807) is 16.4 Å². The average Bonchev–Trinajstić information content (AvgIpc) is 2.56. The van der Waals surface area contributed by atoms with E-state index in [2.05, 4.69) is 6.08 Å². The van der Waals surface area contributed by atoms with Gasteiger partial charge in [-0.3, -0.25) is 4.31 Å². The molecule has 0 bridgehead atoms. The van der Waals surface area contributed by atoms with Gasteiger partial charge in [0.25, 0.3) is 10.0 Å². The number of aryl methyl sites for hydroxylation is 2. The lowest BCUT2D eigenvalue weighted by molar-refractivity contribution is 0.483. The molecule has 0 aromatic heterocycles.